The van der Waals surface area contributed by atoms with E-state index < -0.39 is 0 Å². The highest BCUT2D eigenvalue weighted by atomic mass is 16.6. The number of aliphatic hydroxyl groups excluding tert-OH is 2. The maximum absolute atomic E-state index is 8.56. The molecule has 0 heterocycles. The highest BCUT2D eigenvalue weighted by molar-refractivity contribution is 4.45. The number of rotatable bonds is 34. The van der Waals surface area contributed by atoms with E-state index in [2.05, 4.69) is 5.32 Å². The summed E-state index contributed by atoms with van der Waals surface area (Å²) >= 11 is 0. The third-order valence-corrected chi connectivity index (χ3v) is 4.29. The molecule has 0 saturated carbocycles. The van der Waals surface area contributed by atoms with Crippen molar-refractivity contribution in [3.05, 3.63) is 0 Å². The fraction of sp³-hybridized carbons (Fsp3) is 1.00. The van der Waals surface area contributed by atoms with Crippen molar-refractivity contribution in [1.29, 1.82) is 0 Å². The molecule has 0 saturated heterocycles. The summed E-state index contributed by atoms with van der Waals surface area (Å²) in [6, 6.07) is 0. The minimum atomic E-state index is 0.0276. The molecule has 0 aliphatic rings. The largest absolute Gasteiger partial charge is 0.394 e. The minimum absolute atomic E-state index is 0.0276. The minimum Gasteiger partial charge on any atom is -0.394 e. The smallest absolute Gasteiger partial charge is 0.0701 e. The van der Waals surface area contributed by atoms with E-state index in [-0.39, 0.29) is 13.2 Å². The van der Waals surface area contributed by atoms with Gasteiger partial charge in [-0.25, -0.2) is 0 Å². The molecule has 37 heavy (non-hydrogen) atoms. The Kier molecular flexibility index (Phi) is 35.0. The molecule has 0 aromatic carbocycles. The zero-order chi connectivity index (χ0) is 26.7. The molecule has 0 atom stereocenters. The van der Waals surface area contributed by atoms with Crippen LogP contribution in [0.1, 0.15) is 0 Å². The Bertz CT molecular complexity index is 365. The van der Waals surface area contributed by atoms with Gasteiger partial charge in [0.25, 0.3) is 0 Å². The van der Waals surface area contributed by atoms with E-state index in [1.807, 2.05) is 0 Å². The Morgan fingerprint density at radius 1 is 0.270 bits per heavy atom. The van der Waals surface area contributed by atoms with Gasteiger partial charge in [-0.1, -0.05) is 0 Å². The molecule has 224 valence electrons. The SMILES string of the molecule is OCCOCCOCCOCCOCCNCCOCCOCCOCCOCCOCCOCCO. The van der Waals surface area contributed by atoms with Crippen molar-refractivity contribution in [2.24, 2.45) is 0 Å². The molecule has 0 unspecified atom stereocenters. The first-order valence-corrected chi connectivity index (χ1v) is 13.1. The number of ether oxygens (including phenoxy) is 10. The quantitative estimate of drug-likeness (QED) is 0.0827. The van der Waals surface area contributed by atoms with Crippen LogP contribution < -0.4 is 5.32 Å². The average molecular weight is 546 g/mol. The molecule has 3 N–H and O–H groups in total. The van der Waals surface area contributed by atoms with Gasteiger partial charge in [-0.2, -0.15) is 0 Å². The van der Waals surface area contributed by atoms with E-state index in [4.69, 9.17) is 57.6 Å². The number of hydrogen-bond donors (Lipinski definition) is 3. The molecule has 0 rings (SSSR count). The van der Waals surface area contributed by atoms with Crippen LogP contribution >= 0.6 is 0 Å². The topological polar surface area (TPSA) is 145 Å². The first kappa shape index (κ1) is 36.5. The fourth-order valence-electron chi connectivity index (χ4n) is 2.51. The van der Waals surface area contributed by atoms with Crippen LogP contribution in [0.5, 0.6) is 0 Å². The second-order valence-electron chi connectivity index (χ2n) is 7.32. The summed E-state index contributed by atoms with van der Waals surface area (Å²) in [6.07, 6.45) is 0. The molecule has 0 fully saturated rings. The third-order valence-electron chi connectivity index (χ3n) is 4.29. The normalized spacial score (nSPS) is 11.5. The van der Waals surface area contributed by atoms with Gasteiger partial charge in [0, 0.05) is 13.1 Å². The van der Waals surface area contributed by atoms with Crippen molar-refractivity contribution in [3.8, 4) is 0 Å². The van der Waals surface area contributed by atoms with Crippen molar-refractivity contribution in [1.82, 2.24) is 5.32 Å². The molecule has 0 radical (unpaired) electrons. The van der Waals surface area contributed by atoms with Crippen molar-refractivity contribution >= 4 is 0 Å². The van der Waals surface area contributed by atoms with Gasteiger partial charge in [-0.15, -0.1) is 0 Å². The highest BCUT2D eigenvalue weighted by Gasteiger charge is 1.95. The predicted octanol–water partition coefficient (Wildman–Crippen LogP) is -1.27. The summed E-state index contributed by atoms with van der Waals surface area (Å²) in [6.45, 7) is 11.7. The van der Waals surface area contributed by atoms with Gasteiger partial charge < -0.3 is 62.9 Å². The van der Waals surface area contributed by atoms with Crippen LogP contribution in [-0.2, 0) is 47.4 Å². The molecule has 13 heteroatoms. The molecule has 0 aromatic rings. The lowest BCUT2D eigenvalue weighted by Gasteiger charge is -2.09. The number of aliphatic hydroxyl groups is 2. The lowest BCUT2D eigenvalue weighted by atomic mass is 10.6. The van der Waals surface area contributed by atoms with E-state index >= 15 is 0 Å². The van der Waals surface area contributed by atoms with E-state index in [0.29, 0.717) is 132 Å². The summed E-state index contributed by atoms with van der Waals surface area (Å²) in [5.41, 5.74) is 0. The van der Waals surface area contributed by atoms with Crippen LogP contribution in [0.2, 0.25) is 0 Å². The van der Waals surface area contributed by atoms with Gasteiger partial charge in [-0.05, 0) is 0 Å². The van der Waals surface area contributed by atoms with E-state index in [9.17, 15) is 0 Å². The zero-order valence-corrected chi connectivity index (χ0v) is 22.4. The monoisotopic (exact) mass is 545 g/mol. The molecule has 0 aliphatic carbocycles. The highest BCUT2D eigenvalue weighted by Crippen LogP contribution is 1.85. The molecule has 13 nitrogen and oxygen atoms in total. The molecule has 0 bridgehead atoms. The van der Waals surface area contributed by atoms with Crippen LogP contribution in [0.25, 0.3) is 0 Å². The second kappa shape index (κ2) is 35.5. The third kappa shape index (κ3) is 35.5. The van der Waals surface area contributed by atoms with Crippen molar-refractivity contribution < 1.29 is 57.6 Å². The van der Waals surface area contributed by atoms with Gasteiger partial charge in [0.15, 0.2) is 0 Å². The Morgan fingerprint density at radius 2 is 0.459 bits per heavy atom. The van der Waals surface area contributed by atoms with Crippen LogP contribution in [0, 0.1) is 0 Å². The first-order valence-electron chi connectivity index (χ1n) is 13.1. The van der Waals surface area contributed by atoms with Crippen LogP contribution in [-0.4, -0.2) is 169 Å². The standard InChI is InChI=1S/C24H51NO12/c26-3-7-30-11-15-34-19-17-32-13-9-28-5-1-25-2-6-29-10-14-33-18-21-36-23-24-37-22-20-35-16-12-31-8-4-27/h25-27H,1-24H2. The van der Waals surface area contributed by atoms with Gasteiger partial charge >= 0.3 is 0 Å². The Hall–Kier alpha value is -0.520. The molecule has 0 amide bonds. The Labute approximate surface area is 221 Å². The molecule has 0 aliphatic heterocycles. The van der Waals surface area contributed by atoms with Gasteiger partial charge in [0.1, 0.15) is 0 Å². The van der Waals surface area contributed by atoms with E-state index in [1.165, 1.54) is 0 Å². The predicted molar refractivity (Wildman–Crippen MR) is 135 cm³/mol. The zero-order valence-electron chi connectivity index (χ0n) is 22.4. The first-order chi connectivity index (χ1) is 18.4. The fourth-order valence-corrected chi connectivity index (χ4v) is 2.51. The maximum atomic E-state index is 8.56. The van der Waals surface area contributed by atoms with Gasteiger partial charge in [0.2, 0.25) is 0 Å². The Morgan fingerprint density at radius 3 is 0.676 bits per heavy atom. The summed E-state index contributed by atoms with van der Waals surface area (Å²) in [5.74, 6) is 0. The van der Waals surface area contributed by atoms with Gasteiger partial charge in [-0.3, -0.25) is 0 Å². The van der Waals surface area contributed by atoms with Crippen LogP contribution in [0.3, 0.4) is 0 Å². The van der Waals surface area contributed by atoms with Crippen LogP contribution in [0.15, 0.2) is 0 Å². The summed E-state index contributed by atoms with van der Waals surface area (Å²) in [4.78, 5) is 0. The summed E-state index contributed by atoms with van der Waals surface area (Å²) in [5, 5.41) is 20.4. The lowest BCUT2D eigenvalue weighted by molar-refractivity contribution is -0.0181. The van der Waals surface area contributed by atoms with Crippen molar-refractivity contribution in [3.63, 3.8) is 0 Å². The van der Waals surface area contributed by atoms with E-state index in [0.717, 1.165) is 13.1 Å². The van der Waals surface area contributed by atoms with Crippen molar-refractivity contribution in [2.75, 3.05) is 158 Å². The number of hydrogen-bond acceptors (Lipinski definition) is 13. The summed E-state index contributed by atoms with van der Waals surface area (Å²) < 4.78 is 53.4. The molecular formula is C24H51NO12. The van der Waals surface area contributed by atoms with Crippen LogP contribution in [0.4, 0.5) is 0 Å². The lowest BCUT2D eigenvalue weighted by Crippen LogP contribution is -2.25. The second-order valence-corrected chi connectivity index (χ2v) is 7.32. The van der Waals surface area contributed by atoms with Gasteiger partial charge in [0.05, 0.1) is 145 Å². The summed E-state index contributed by atoms with van der Waals surface area (Å²) in [7, 11) is 0. The van der Waals surface area contributed by atoms with Crippen molar-refractivity contribution in [2.45, 2.75) is 0 Å². The Balaban J connectivity index is 3.00. The van der Waals surface area contributed by atoms with E-state index in [1.54, 1.807) is 0 Å². The molecule has 0 spiro atoms. The average Bonchev–Trinajstić information content (AvgIpc) is 2.91. The number of nitrogens with one attached hydrogen (secondary N) is 1. The molecule has 0 aromatic heterocycles. The molecular weight excluding hydrogens is 494 g/mol. The maximum Gasteiger partial charge on any atom is 0.0701 e.